The van der Waals surface area contributed by atoms with E-state index in [9.17, 15) is 17.6 Å². The van der Waals surface area contributed by atoms with Crippen LogP contribution in [0.1, 0.15) is 6.42 Å². The van der Waals surface area contributed by atoms with E-state index in [1.165, 1.54) is 0 Å². The largest absolute Gasteiger partial charge is 0.344 e. The molecule has 0 saturated carbocycles. The zero-order valence-electron chi connectivity index (χ0n) is 6.20. The van der Waals surface area contributed by atoms with E-state index in [1.807, 2.05) is 0 Å². The van der Waals surface area contributed by atoms with Gasteiger partial charge < -0.3 is 4.74 Å². The number of ether oxygens (including phenoxy) is 1. The molecule has 0 fully saturated rings. The number of methoxy groups -OCH3 is 1. The van der Waals surface area contributed by atoms with Crippen molar-refractivity contribution < 1.29 is 22.3 Å². The van der Waals surface area contributed by atoms with Crippen LogP contribution in [-0.4, -0.2) is 13.0 Å². The maximum atomic E-state index is 13.0. The molecule has 1 rings (SSSR count). The van der Waals surface area contributed by atoms with Crippen LogP contribution in [-0.2, 0) is 4.74 Å². The van der Waals surface area contributed by atoms with Crippen LogP contribution in [0.5, 0.6) is 0 Å². The highest BCUT2D eigenvalue weighted by molar-refractivity contribution is 5.28. The summed E-state index contributed by atoms with van der Waals surface area (Å²) in [5.41, 5.74) is 0. The standard InChI is InChI=1S/C7H6F4O/c1-12-7(11)3-5(9)4(8)2-6(7)10/h2H,3H2,1H3. The second-order valence-electron chi connectivity index (χ2n) is 2.35. The minimum atomic E-state index is -2.85. The molecular formula is C7H6F4O. The lowest BCUT2D eigenvalue weighted by Crippen LogP contribution is -2.28. The van der Waals surface area contributed by atoms with E-state index in [-0.39, 0.29) is 6.08 Å². The van der Waals surface area contributed by atoms with Gasteiger partial charge in [0.05, 0.1) is 6.42 Å². The summed E-state index contributed by atoms with van der Waals surface area (Å²) in [5.74, 6) is -7.04. The first-order valence-corrected chi connectivity index (χ1v) is 3.15. The normalized spacial score (nSPS) is 30.6. The van der Waals surface area contributed by atoms with Crippen LogP contribution in [0, 0.1) is 0 Å². The van der Waals surface area contributed by atoms with Crippen molar-refractivity contribution in [1.29, 1.82) is 0 Å². The Hall–Kier alpha value is -0.840. The second kappa shape index (κ2) is 2.90. The molecule has 1 aliphatic rings. The summed E-state index contributed by atoms with van der Waals surface area (Å²) in [4.78, 5) is 0. The van der Waals surface area contributed by atoms with E-state index in [1.54, 1.807) is 0 Å². The van der Waals surface area contributed by atoms with Crippen LogP contribution in [0.25, 0.3) is 0 Å². The van der Waals surface area contributed by atoms with Crippen LogP contribution in [0.15, 0.2) is 23.6 Å². The molecular weight excluding hydrogens is 176 g/mol. The molecule has 0 aromatic carbocycles. The minimum absolute atomic E-state index is 0.141. The van der Waals surface area contributed by atoms with E-state index in [2.05, 4.69) is 4.74 Å². The van der Waals surface area contributed by atoms with Crippen molar-refractivity contribution in [3.05, 3.63) is 23.6 Å². The first-order valence-electron chi connectivity index (χ1n) is 3.15. The number of hydrogen-bond donors (Lipinski definition) is 0. The van der Waals surface area contributed by atoms with E-state index in [4.69, 9.17) is 0 Å². The monoisotopic (exact) mass is 182 g/mol. The Morgan fingerprint density at radius 3 is 2.50 bits per heavy atom. The molecule has 0 amide bonds. The molecule has 0 bridgehead atoms. The van der Waals surface area contributed by atoms with Gasteiger partial charge in [0.1, 0.15) is 5.83 Å². The van der Waals surface area contributed by atoms with Crippen molar-refractivity contribution in [2.75, 3.05) is 7.11 Å². The van der Waals surface area contributed by atoms with Gasteiger partial charge in [-0.1, -0.05) is 0 Å². The fourth-order valence-electron chi connectivity index (χ4n) is 0.836. The van der Waals surface area contributed by atoms with Crippen molar-refractivity contribution in [3.8, 4) is 0 Å². The predicted molar refractivity (Wildman–Crippen MR) is 33.9 cm³/mol. The van der Waals surface area contributed by atoms with Gasteiger partial charge in [-0.15, -0.1) is 0 Å². The molecule has 5 heteroatoms. The number of allylic oxidation sites excluding steroid dienone is 2. The van der Waals surface area contributed by atoms with Gasteiger partial charge in [0.15, 0.2) is 11.7 Å². The topological polar surface area (TPSA) is 9.23 Å². The van der Waals surface area contributed by atoms with Crippen molar-refractivity contribution >= 4 is 0 Å². The highest BCUT2D eigenvalue weighted by atomic mass is 19.2. The summed E-state index contributed by atoms with van der Waals surface area (Å²) in [5, 5.41) is 0. The smallest absolute Gasteiger partial charge is 0.268 e. The highest BCUT2D eigenvalue weighted by Crippen LogP contribution is 2.38. The molecule has 0 spiro atoms. The Kier molecular flexibility index (Phi) is 2.23. The van der Waals surface area contributed by atoms with E-state index in [0.29, 0.717) is 0 Å². The molecule has 0 aromatic rings. The summed E-state index contributed by atoms with van der Waals surface area (Å²) < 4.78 is 54.3. The van der Waals surface area contributed by atoms with Gasteiger partial charge in [-0.05, 0) is 0 Å². The van der Waals surface area contributed by atoms with Crippen molar-refractivity contribution in [1.82, 2.24) is 0 Å². The van der Waals surface area contributed by atoms with Gasteiger partial charge in [0, 0.05) is 13.2 Å². The summed E-state index contributed by atoms with van der Waals surface area (Å²) in [6.45, 7) is 0. The predicted octanol–water partition coefficient (Wildman–Crippen LogP) is 2.71. The summed E-state index contributed by atoms with van der Waals surface area (Å²) in [6.07, 6.45) is -0.917. The van der Waals surface area contributed by atoms with Crippen LogP contribution in [0.2, 0.25) is 0 Å². The van der Waals surface area contributed by atoms with Crippen molar-refractivity contribution in [2.45, 2.75) is 12.3 Å². The van der Waals surface area contributed by atoms with Gasteiger partial charge in [0.2, 0.25) is 0 Å². The van der Waals surface area contributed by atoms with Crippen LogP contribution >= 0.6 is 0 Å². The molecule has 0 heterocycles. The molecule has 1 aliphatic carbocycles. The van der Waals surface area contributed by atoms with Crippen LogP contribution in [0.4, 0.5) is 17.6 Å². The van der Waals surface area contributed by atoms with Crippen molar-refractivity contribution in [3.63, 3.8) is 0 Å². The third kappa shape index (κ3) is 1.36. The molecule has 1 unspecified atom stereocenters. The fraction of sp³-hybridized carbons (Fsp3) is 0.429. The Morgan fingerprint density at radius 1 is 1.42 bits per heavy atom. The Morgan fingerprint density at radius 2 is 2.00 bits per heavy atom. The average Bonchev–Trinajstić information content (AvgIpc) is 2.01. The number of hydrogen-bond acceptors (Lipinski definition) is 1. The molecule has 1 nitrogen and oxygen atoms in total. The number of alkyl halides is 1. The Bertz CT molecular complexity index is 258. The van der Waals surface area contributed by atoms with Crippen LogP contribution in [0.3, 0.4) is 0 Å². The lowest BCUT2D eigenvalue weighted by Gasteiger charge is -2.23. The van der Waals surface area contributed by atoms with Gasteiger partial charge >= 0.3 is 0 Å². The minimum Gasteiger partial charge on any atom is -0.344 e. The maximum Gasteiger partial charge on any atom is 0.268 e. The fourth-order valence-corrected chi connectivity index (χ4v) is 0.836. The molecule has 0 radical (unpaired) electrons. The van der Waals surface area contributed by atoms with Gasteiger partial charge in [0.25, 0.3) is 5.85 Å². The molecule has 0 aromatic heterocycles. The SMILES string of the molecule is COC1(F)CC(F)=C(F)C=C1F. The molecule has 0 N–H and O–H groups in total. The molecule has 0 saturated heterocycles. The Labute approximate surface area is 66.3 Å². The second-order valence-corrected chi connectivity index (χ2v) is 2.35. The summed E-state index contributed by atoms with van der Waals surface area (Å²) >= 11 is 0. The molecule has 0 aliphatic heterocycles. The van der Waals surface area contributed by atoms with E-state index < -0.39 is 29.8 Å². The number of rotatable bonds is 1. The number of halogens is 4. The quantitative estimate of drug-likeness (QED) is 0.566. The van der Waals surface area contributed by atoms with Crippen molar-refractivity contribution in [2.24, 2.45) is 0 Å². The van der Waals surface area contributed by atoms with Crippen LogP contribution < -0.4 is 0 Å². The lowest BCUT2D eigenvalue weighted by molar-refractivity contribution is -0.108. The third-order valence-electron chi connectivity index (χ3n) is 1.58. The van der Waals surface area contributed by atoms with E-state index in [0.717, 1.165) is 7.11 Å². The average molecular weight is 182 g/mol. The molecule has 12 heavy (non-hydrogen) atoms. The first-order chi connectivity index (χ1) is 5.49. The Balaban J connectivity index is 3.00. The van der Waals surface area contributed by atoms with Gasteiger partial charge in [-0.2, -0.15) is 0 Å². The lowest BCUT2D eigenvalue weighted by atomic mass is 10.1. The zero-order chi connectivity index (χ0) is 9.35. The molecule has 68 valence electrons. The maximum absolute atomic E-state index is 13.0. The molecule has 1 atom stereocenters. The van der Waals surface area contributed by atoms with Gasteiger partial charge in [-0.25, -0.2) is 17.6 Å². The first kappa shape index (κ1) is 9.25. The summed E-state index contributed by atoms with van der Waals surface area (Å²) in [6, 6.07) is 0. The highest BCUT2D eigenvalue weighted by Gasteiger charge is 2.40. The summed E-state index contributed by atoms with van der Waals surface area (Å²) in [7, 11) is 0.879. The zero-order valence-corrected chi connectivity index (χ0v) is 6.20. The van der Waals surface area contributed by atoms with E-state index >= 15 is 0 Å². The third-order valence-corrected chi connectivity index (χ3v) is 1.58. The van der Waals surface area contributed by atoms with Gasteiger partial charge in [-0.3, -0.25) is 0 Å².